The highest BCUT2D eigenvalue weighted by Crippen LogP contribution is 2.23. The Hall–Kier alpha value is -3.16. The number of carbonyl (C=O) groups excluding carboxylic acids is 3. The molecule has 0 spiro atoms. The van der Waals surface area contributed by atoms with E-state index in [-0.39, 0.29) is 30.7 Å². The van der Waals surface area contributed by atoms with E-state index in [2.05, 4.69) is 15.7 Å². The first-order valence-electron chi connectivity index (χ1n) is 10.3. The van der Waals surface area contributed by atoms with Crippen LogP contribution in [0.15, 0.2) is 30.3 Å². The number of imide groups is 1. The Morgan fingerprint density at radius 3 is 2.53 bits per heavy atom. The van der Waals surface area contributed by atoms with Crippen LogP contribution in [0.2, 0.25) is 0 Å². The lowest BCUT2D eigenvalue weighted by molar-refractivity contribution is -0.127. The van der Waals surface area contributed by atoms with Crippen LogP contribution in [-0.4, -0.2) is 45.1 Å². The quantitative estimate of drug-likeness (QED) is 0.653. The number of nitrogens with one attached hydrogen (secondary N) is 2. The minimum Gasteiger partial charge on any atom is -0.326 e. The Balaban J connectivity index is 1.53. The Morgan fingerprint density at radius 1 is 1.20 bits per heavy atom. The van der Waals surface area contributed by atoms with Crippen molar-refractivity contribution in [3.8, 4) is 0 Å². The minimum atomic E-state index is -0.667. The molecule has 1 atom stereocenters. The molecule has 1 aromatic heterocycles. The molecule has 0 saturated carbocycles. The molecule has 160 valence electrons. The first kappa shape index (κ1) is 21.5. The fourth-order valence-electron chi connectivity index (χ4n) is 3.69. The smallest absolute Gasteiger partial charge is 0.324 e. The van der Waals surface area contributed by atoms with Crippen LogP contribution in [0.5, 0.6) is 0 Å². The third kappa shape index (κ3) is 4.69. The maximum absolute atomic E-state index is 12.6. The topological polar surface area (TPSA) is 96.3 Å². The molecule has 1 aliphatic heterocycles. The van der Waals surface area contributed by atoms with Gasteiger partial charge in [-0.15, -0.1) is 0 Å². The van der Waals surface area contributed by atoms with E-state index in [4.69, 9.17) is 0 Å². The fourth-order valence-corrected chi connectivity index (χ4v) is 3.69. The Bertz CT molecular complexity index is 936. The van der Waals surface area contributed by atoms with E-state index in [1.54, 1.807) is 0 Å². The predicted octanol–water partition coefficient (Wildman–Crippen LogP) is 2.96. The fraction of sp³-hybridized carbons (Fsp3) is 0.455. The average Bonchev–Trinajstić information content (AvgIpc) is 3.15. The molecule has 3 rings (SSSR count). The van der Waals surface area contributed by atoms with Crippen molar-refractivity contribution >= 4 is 23.5 Å². The van der Waals surface area contributed by atoms with Crippen LogP contribution in [0.25, 0.3) is 0 Å². The van der Waals surface area contributed by atoms with Crippen molar-refractivity contribution < 1.29 is 14.4 Å². The molecule has 1 fully saturated rings. The number of urea groups is 1. The number of carbonyl (C=O) groups is 3. The van der Waals surface area contributed by atoms with Gasteiger partial charge in [0.1, 0.15) is 6.04 Å². The zero-order chi connectivity index (χ0) is 21.8. The number of benzene rings is 1. The number of hydrogen-bond acceptors (Lipinski definition) is 4. The van der Waals surface area contributed by atoms with Crippen LogP contribution < -0.4 is 10.6 Å². The summed E-state index contributed by atoms with van der Waals surface area (Å²) in [6, 6.07) is 8.84. The van der Waals surface area contributed by atoms with Crippen LogP contribution in [0.4, 0.5) is 10.5 Å². The molecular formula is C22H29N5O3. The lowest BCUT2D eigenvalue weighted by atomic mass is 10.1. The molecule has 1 aromatic carbocycles. The van der Waals surface area contributed by atoms with Gasteiger partial charge >= 0.3 is 6.03 Å². The molecule has 0 unspecified atom stereocenters. The molecule has 4 amide bonds. The summed E-state index contributed by atoms with van der Waals surface area (Å²) in [5.41, 5.74) is 3.42. The first-order valence-corrected chi connectivity index (χ1v) is 10.3. The zero-order valence-electron chi connectivity index (χ0n) is 17.9. The average molecular weight is 412 g/mol. The van der Waals surface area contributed by atoms with Crippen LogP contribution in [0, 0.1) is 13.8 Å². The summed E-state index contributed by atoms with van der Waals surface area (Å²) in [5, 5.41) is 10.1. The molecular weight excluding hydrogens is 382 g/mol. The SMILES string of the molecule is Cc1nn(C(C)C)c(C)c1NC(=O)CC[C@H]1NC(=O)N(CCc2ccccc2)C1=O. The summed E-state index contributed by atoms with van der Waals surface area (Å²) in [6.45, 7) is 8.16. The van der Waals surface area contributed by atoms with Gasteiger partial charge in [0.15, 0.2) is 0 Å². The predicted molar refractivity (Wildman–Crippen MR) is 114 cm³/mol. The third-order valence-electron chi connectivity index (χ3n) is 5.31. The lowest BCUT2D eigenvalue weighted by Crippen LogP contribution is -2.33. The van der Waals surface area contributed by atoms with Crippen LogP contribution in [0.3, 0.4) is 0 Å². The second-order valence-electron chi connectivity index (χ2n) is 7.90. The lowest BCUT2D eigenvalue weighted by Gasteiger charge is -2.13. The number of aromatic nitrogens is 2. The normalized spacial score (nSPS) is 16.3. The minimum absolute atomic E-state index is 0.134. The van der Waals surface area contributed by atoms with Gasteiger partial charge in [0.25, 0.3) is 5.91 Å². The molecule has 0 bridgehead atoms. The Morgan fingerprint density at radius 2 is 1.90 bits per heavy atom. The zero-order valence-corrected chi connectivity index (χ0v) is 17.9. The van der Waals surface area contributed by atoms with Crippen molar-refractivity contribution in [2.24, 2.45) is 0 Å². The number of anilines is 1. The van der Waals surface area contributed by atoms with Crippen molar-refractivity contribution in [1.29, 1.82) is 0 Å². The first-order chi connectivity index (χ1) is 14.3. The third-order valence-corrected chi connectivity index (χ3v) is 5.31. The van der Waals surface area contributed by atoms with Gasteiger partial charge in [-0.2, -0.15) is 5.10 Å². The largest absolute Gasteiger partial charge is 0.326 e. The molecule has 2 heterocycles. The summed E-state index contributed by atoms with van der Waals surface area (Å²) < 4.78 is 1.87. The van der Waals surface area contributed by atoms with E-state index in [1.807, 2.05) is 62.7 Å². The molecule has 0 aliphatic carbocycles. The second kappa shape index (κ2) is 9.11. The molecule has 1 aliphatic rings. The Labute approximate surface area is 176 Å². The number of hydrogen-bond donors (Lipinski definition) is 2. The maximum atomic E-state index is 12.6. The van der Waals surface area contributed by atoms with Gasteiger partial charge in [0, 0.05) is 19.0 Å². The van der Waals surface area contributed by atoms with Gasteiger partial charge in [-0.05, 0) is 46.1 Å². The highest BCUT2D eigenvalue weighted by molar-refractivity contribution is 6.04. The van der Waals surface area contributed by atoms with E-state index in [0.717, 1.165) is 17.0 Å². The monoisotopic (exact) mass is 411 g/mol. The summed E-state index contributed by atoms with van der Waals surface area (Å²) in [7, 11) is 0. The van der Waals surface area contributed by atoms with Crippen molar-refractivity contribution in [2.75, 3.05) is 11.9 Å². The van der Waals surface area contributed by atoms with Gasteiger partial charge in [-0.25, -0.2) is 4.79 Å². The highest BCUT2D eigenvalue weighted by Gasteiger charge is 2.37. The number of aryl methyl sites for hydroxylation is 1. The standard InChI is InChI=1S/C22H29N5O3/c1-14(2)27-16(4)20(15(3)25-27)24-19(28)11-10-18-21(29)26(22(30)23-18)13-12-17-8-6-5-7-9-17/h5-9,14,18H,10-13H2,1-4H3,(H,23,30)(H,24,28)/t18-/m1/s1. The van der Waals surface area contributed by atoms with Crippen molar-refractivity contribution in [2.45, 2.75) is 59.0 Å². The van der Waals surface area contributed by atoms with Gasteiger partial charge in [-0.1, -0.05) is 30.3 Å². The van der Waals surface area contributed by atoms with Crippen molar-refractivity contribution in [3.05, 3.63) is 47.3 Å². The van der Waals surface area contributed by atoms with E-state index in [0.29, 0.717) is 18.7 Å². The maximum Gasteiger partial charge on any atom is 0.324 e. The van der Waals surface area contributed by atoms with E-state index in [1.165, 1.54) is 4.90 Å². The summed E-state index contributed by atoms with van der Waals surface area (Å²) in [6.07, 6.45) is 0.995. The molecule has 30 heavy (non-hydrogen) atoms. The van der Waals surface area contributed by atoms with Crippen LogP contribution in [0.1, 0.15) is 49.7 Å². The van der Waals surface area contributed by atoms with Gasteiger partial charge in [0.2, 0.25) is 5.91 Å². The molecule has 8 nitrogen and oxygen atoms in total. The molecule has 2 N–H and O–H groups in total. The van der Waals surface area contributed by atoms with Crippen molar-refractivity contribution in [1.82, 2.24) is 20.0 Å². The molecule has 0 radical (unpaired) electrons. The second-order valence-corrected chi connectivity index (χ2v) is 7.90. The molecule has 2 aromatic rings. The van der Waals surface area contributed by atoms with Crippen molar-refractivity contribution in [3.63, 3.8) is 0 Å². The van der Waals surface area contributed by atoms with Gasteiger partial charge in [-0.3, -0.25) is 19.2 Å². The van der Waals surface area contributed by atoms with E-state index in [9.17, 15) is 14.4 Å². The number of rotatable bonds is 8. The summed E-state index contributed by atoms with van der Waals surface area (Å²) in [4.78, 5) is 38.5. The summed E-state index contributed by atoms with van der Waals surface area (Å²) >= 11 is 0. The molecule has 1 saturated heterocycles. The van der Waals surface area contributed by atoms with E-state index >= 15 is 0 Å². The van der Waals surface area contributed by atoms with Crippen LogP contribution >= 0.6 is 0 Å². The number of nitrogens with zero attached hydrogens (tertiary/aromatic N) is 3. The van der Waals surface area contributed by atoms with Crippen LogP contribution in [-0.2, 0) is 16.0 Å². The van der Waals surface area contributed by atoms with Gasteiger partial charge < -0.3 is 10.6 Å². The number of amides is 4. The summed E-state index contributed by atoms with van der Waals surface area (Å²) in [5.74, 6) is -0.474. The Kier molecular flexibility index (Phi) is 6.54. The molecule has 8 heteroatoms. The van der Waals surface area contributed by atoms with E-state index < -0.39 is 12.1 Å². The van der Waals surface area contributed by atoms with Gasteiger partial charge in [0.05, 0.1) is 17.1 Å². The highest BCUT2D eigenvalue weighted by atomic mass is 16.2.